The monoisotopic (exact) mass is 440 g/mol. The van der Waals surface area contributed by atoms with E-state index < -0.39 is 0 Å². The number of thioether (sulfide) groups is 1. The first-order valence-electron chi connectivity index (χ1n) is 10.8. The van der Waals surface area contributed by atoms with Crippen LogP contribution in [0.15, 0.2) is 64.3 Å². The highest BCUT2D eigenvalue weighted by Crippen LogP contribution is 2.24. The maximum atomic E-state index is 14.0. The van der Waals surface area contributed by atoms with E-state index in [0.717, 1.165) is 35.5 Å². The normalized spacial score (nSPS) is 18.4. The number of halogens is 1. The predicted molar refractivity (Wildman–Crippen MR) is 125 cm³/mol. The number of pyridine rings is 1. The molecule has 0 radical (unpaired) electrons. The highest BCUT2D eigenvalue weighted by atomic mass is 32.2. The van der Waals surface area contributed by atoms with Crippen LogP contribution < -0.4 is 10.9 Å². The van der Waals surface area contributed by atoms with Gasteiger partial charge in [0.05, 0.1) is 11.1 Å². The molecule has 1 aliphatic rings. The number of nitrogens with one attached hydrogen (secondary N) is 1. The first kappa shape index (κ1) is 22.1. The molecule has 164 valence electrons. The van der Waals surface area contributed by atoms with E-state index in [1.807, 2.05) is 24.3 Å². The van der Waals surface area contributed by atoms with E-state index in [2.05, 4.69) is 31.3 Å². The highest BCUT2D eigenvalue weighted by Gasteiger charge is 2.28. The SMILES string of the molecule is CC1(C)CC(NCc2cc3ccc(F)cc3n(CCSc3ccccc3)c2=O)CCO1. The van der Waals surface area contributed by atoms with E-state index in [-0.39, 0.29) is 17.0 Å². The van der Waals surface area contributed by atoms with Crippen LogP contribution in [0.4, 0.5) is 4.39 Å². The van der Waals surface area contributed by atoms with E-state index in [1.54, 1.807) is 22.4 Å². The second-order valence-corrected chi connectivity index (χ2v) is 9.84. The summed E-state index contributed by atoms with van der Waals surface area (Å²) < 4.78 is 21.5. The first-order chi connectivity index (χ1) is 14.9. The van der Waals surface area contributed by atoms with Crippen LogP contribution in [0.2, 0.25) is 0 Å². The van der Waals surface area contributed by atoms with Crippen LogP contribution in [0.5, 0.6) is 0 Å². The van der Waals surface area contributed by atoms with E-state index >= 15 is 0 Å². The maximum Gasteiger partial charge on any atom is 0.255 e. The number of benzene rings is 2. The predicted octanol–water partition coefficient (Wildman–Crippen LogP) is 4.98. The zero-order valence-electron chi connectivity index (χ0n) is 18.1. The molecule has 0 amide bonds. The van der Waals surface area contributed by atoms with Crippen LogP contribution in [0.25, 0.3) is 10.9 Å². The number of hydrogen-bond acceptors (Lipinski definition) is 4. The molecule has 1 fully saturated rings. The van der Waals surface area contributed by atoms with Crippen molar-refractivity contribution in [2.24, 2.45) is 0 Å². The Labute approximate surface area is 186 Å². The third-order valence-electron chi connectivity index (χ3n) is 5.74. The fourth-order valence-corrected chi connectivity index (χ4v) is 5.04. The van der Waals surface area contributed by atoms with Crippen molar-refractivity contribution in [3.63, 3.8) is 0 Å². The van der Waals surface area contributed by atoms with E-state index in [0.29, 0.717) is 30.2 Å². The number of aromatic nitrogens is 1. The van der Waals surface area contributed by atoms with Crippen LogP contribution in [0.3, 0.4) is 0 Å². The van der Waals surface area contributed by atoms with Crippen molar-refractivity contribution in [2.45, 2.75) is 56.3 Å². The van der Waals surface area contributed by atoms with Crippen molar-refractivity contribution in [3.8, 4) is 0 Å². The maximum absolute atomic E-state index is 14.0. The topological polar surface area (TPSA) is 43.3 Å². The summed E-state index contributed by atoms with van der Waals surface area (Å²) in [5, 5.41) is 4.43. The second-order valence-electron chi connectivity index (χ2n) is 8.67. The number of nitrogens with zero attached hydrogens (tertiary/aromatic N) is 1. The van der Waals surface area contributed by atoms with Gasteiger partial charge in [-0.05, 0) is 68.5 Å². The molecule has 1 N–H and O–H groups in total. The van der Waals surface area contributed by atoms with Crippen LogP contribution in [0, 0.1) is 5.82 Å². The molecule has 1 aliphatic heterocycles. The minimum absolute atomic E-state index is 0.0504. The molecule has 1 saturated heterocycles. The Kier molecular flexibility index (Phi) is 6.80. The van der Waals surface area contributed by atoms with Gasteiger partial charge in [-0.15, -0.1) is 11.8 Å². The Morgan fingerprint density at radius 2 is 2.00 bits per heavy atom. The van der Waals surface area contributed by atoms with Gasteiger partial charge in [0.2, 0.25) is 0 Å². The minimum Gasteiger partial charge on any atom is -0.375 e. The molecule has 4 rings (SSSR count). The largest absolute Gasteiger partial charge is 0.375 e. The van der Waals surface area contributed by atoms with Gasteiger partial charge in [0.1, 0.15) is 5.82 Å². The summed E-state index contributed by atoms with van der Waals surface area (Å²) in [4.78, 5) is 14.5. The zero-order valence-corrected chi connectivity index (χ0v) is 18.9. The summed E-state index contributed by atoms with van der Waals surface area (Å²) in [6, 6.07) is 17.0. The van der Waals surface area contributed by atoms with Crippen molar-refractivity contribution in [2.75, 3.05) is 12.4 Å². The fraction of sp³-hybridized carbons (Fsp3) is 0.400. The van der Waals surface area contributed by atoms with Crippen LogP contribution in [-0.4, -0.2) is 28.6 Å². The molecule has 2 heterocycles. The summed E-state index contributed by atoms with van der Waals surface area (Å²) in [7, 11) is 0. The van der Waals surface area contributed by atoms with Crippen LogP contribution in [-0.2, 0) is 17.8 Å². The van der Waals surface area contributed by atoms with Gasteiger partial charge in [0.25, 0.3) is 5.56 Å². The molecular weight excluding hydrogens is 411 g/mol. The summed E-state index contributed by atoms with van der Waals surface area (Å²) in [6.07, 6.45) is 1.85. The van der Waals surface area contributed by atoms with E-state index in [4.69, 9.17) is 4.74 Å². The molecule has 1 atom stereocenters. The lowest BCUT2D eigenvalue weighted by atomic mass is 9.94. The molecule has 31 heavy (non-hydrogen) atoms. The van der Waals surface area contributed by atoms with Gasteiger partial charge in [0.15, 0.2) is 0 Å². The van der Waals surface area contributed by atoms with Crippen molar-refractivity contribution in [3.05, 3.63) is 76.3 Å². The van der Waals surface area contributed by atoms with Gasteiger partial charge in [0, 0.05) is 42.0 Å². The van der Waals surface area contributed by atoms with Gasteiger partial charge in [-0.25, -0.2) is 4.39 Å². The Bertz CT molecular complexity index is 1100. The first-order valence-corrected chi connectivity index (χ1v) is 11.8. The summed E-state index contributed by atoms with van der Waals surface area (Å²) in [6.45, 7) is 5.95. The molecule has 0 bridgehead atoms. The van der Waals surface area contributed by atoms with Gasteiger partial charge in [-0.2, -0.15) is 0 Å². The summed E-state index contributed by atoms with van der Waals surface area (Å²) in [5.74, 6) is 0.410. The van der Waals surface area contributed by atoms with E-state index in [9.17, 15) is 9.18 Å². The Hall–Kier alpha value is -2.15. The van der Waals surface area contributed by atoms with Crippen molar-refractivity contribution >= 4 is 22.7 Å². The number of fused-ring (bicyclic) bond motifs is 1. The molecule has 0 aliphatic carbocycles. The number of hydrogen-bond donors (Lipinski definition) is 1. The summed E-state index contributed by atoms with van der Waals surface area (Å²) in [5.41, 5.74) is 1.17. The molecule has 1 unspecified atom stereocenters. The lowest BCUT2D eigenvalue weighted by Gasteiger charge is -2.36. The average molecular weight is 441 g/mol. The number of aryl methyl sites for hydroxylation is 1. The molecule has 3 aromatic rings. The zero-order chi connectivity index (χ0) is 21.8. The van der Waals surface area contributed by atoms with Crippen LogP contribution >= 0.6 is 11.8 Å². The van der Waals surface area contributed by atoms with Crippen molar-refractivity contribution in [1.29, 1.82) is 0 Å². The third-order valence-corrected chi connectivity index (χ3v) is 6.73. The lowest BCUT2D eigenvalue weighted by molar-refractivity contribution is -0.0630. The standard InChI is InChI=1S/C25H29FN2O2S/c1-25(2)16-21(10-12-30-25)27-17-19-14-18-8-9-20(26)15-23(18)28(24(19)29)11-13-31-22-6-4-3-5-7-22/h3-9,14-15,21,27H,10-13,16-17H2,1-2H3. The van der Waals surface area contributed by atoms with Crippen molar-refractivity contribution in [1.82, 2.24) is 9.88 Å². The minimum atomic E-state index is -0.327. The summed E-state index contributed by atoms with van der Waals surface area (Å²) >= 11 is 1.70. The van der Waals surface area contributed by atoms with Crippen LogP contribution in [0.1, 0.15) is 32.3 Å². The molecule has 1 aromatic heterocycles. The van der Waals surface area contributed by atoms with Gasteiger partial charge >= 0.3 is 0 Å². The Morgan fingerprint density at radius 3 is 2.77 bits per heavy atom. The Morgan fingerprint density at radius 1 is 1.19 bits per heavy atom. The smallest absolute Gasteiger partial charge is 0.255 e. The average Bonchev–Trinajstić information content (AvgIpc) is 2.74. The fourth-order valence-electron chi connectivity index (χ4n) is 4.19. The van der Waals surface area contributed by atoms with E-state index in [1.165, 1.54) is 12.1 Å². The molecule has 2 aromatic carbocycles. The molecule has 0 saturated carbocycles. The molecular formula is C25H29FN2O2S. The van der Waals surface area contributed by atoms with Gasteiger partial charge < -0.3 is 14.6 Å². The third kappa shape index (κ3) is 5.56. The molecule has 0 spiro atoms. The molecule has 6 heteroatoms. The number of rotatable bonds is 7. The highest BCUT2D eigenvalue weighted by molar-refractivity contribution is 7.99. The Balaban J connectivity index is 1.55. The molecule has 4 nitrogen and oxygen atoms in total. The van der Waals surface area contributed by atoms with Crippen molar-refractivity contribution < 1.29 is 9.13 Å². The van der Waals surface area contributed by atoms with Gasteiger partial charge in [-0.3, -0.25) is 4.79 Å². The number of ether oxygens (including phenoxy) is 1. The lowest BCUT2D eigenvalue weighted by Crippen LogP contribution is -2.44. The second kappa shape index (κ2) is 9.55. The quantitative estimate of drug-likeness (QED) is 0.526. The van der Waals surface area contributed by atoms with Gasteiger partial charge in [-0.1, -0.05) is 18.2 Å².